The minimum atomic E-state index is 0.708. The second-order valence-electron chi connectivity index (χ2n) is 3.38. The van der Waals surface area contributed by atoms with E-state index in [0.717, 1.165) is 6.42 Å². The molecule has 0 nitrogen and oxygen atoms in total. The Bertz CT molecular complexity index is 235. The van der Waals surface area contributed by atoms with Gasteiger partial charge in [-0.15, -0.1) is 6.58 Å². The number of rotatable bonds is 5. The number of allylic oxidation sites excluding steroid dienone is 1. The van der Waals surface area contributed by atoms with E-state index in [9.17, 15) is 0 Å². The van der Waals surface area contributed by atoms with E-state index >= 15 is 0 Å². The van der Waals surface area contributed by atoms with Crippen LogP contribution in [0, 0.1) is 0 Å². The standard InChI is InChI=1S/C13H18/c1-3-5-9-12(4-2)13-10-7-6-8-11-13/h3,6-8,10-12H,1,4-5,9H2,2H3/t12-/m0/s1. The molecule has 13 heavy (non-hydrogen) atoms. The molecule has 0 saturated heterocycles. The average molecular weight is 174 g/mol. The third kappa shape index (κ3) is 3.06. The Labute approximate surface area is 81.3 Å². The largest absolute Gasteiger partial charge is 0.103 e. The van der Waals surface area contributed by atoms with E-state index in [4.69, 9.17) is 0 Å². The Hall–Kier alpha value is -1.04. The van der Waals surface area contributed by atoms with Gasteiger partial charge in [0.1, 0.15) is 0 Å². The maximum absolute atomic E-state index is 3.76. The van der Waals surface area contributed by atoms with Crippen molar-refractivity contribution in [2.24, 2.45) is 0 Å². The number of hydrogen-bond donors (Lipinski definition) is 0. The zero-order valence-electron chi connectivity index (χ0n) is 8.37. The van der Waals surface area contributed by atoms with Gasteiger partial charge in [-0.1, -0.05) is 43.3 Å². The lowest BCUT2D eigenvalue weighted by Crippen LogP contribution is -1.95. The highest BCUT2D eigenvalue weighted by Gasteiger charge is 2.06. The first-order chi connectivity index (χ1) is 6.38. The van der Waals surface area contributed by atoms with Gasteiger partial charge >= 0.3 is 0 Å². The summed E-state index contributed by atoms with van der Waals surface area (Å²) in [6, 6.07) is 10.7. The zero-order chi connectivity index (χ0) is 9.52. The number of hydrogen-bond acceptors (Lipinski definition) is 0. The van der Waals surface area contributed by atoms with Crippen molar-refractivity contribution in [2.75, 3.05) is 0 Å². The minimum Gasteiger partial charge on any atom is -0.103 e. The molecule has 0 heterocycles. The summed E-state index contributed by atoms with van der Waals surface area (Å²) in [6.45, 7) is 6.01. The molecule has 0 spiro atoms. The molecule has 0 aliphatic heterocycles. The summed E-state index contributed by atoms with van der Waals surface area (Å²) >= 11 is 0. The fourth-order valence-corrected chi connectivity index (χ4v) is 1.65. The molecule has 0 bridgehead atoms. The molecule has 0 aliphatic rings. The van der Waals surface area contributed by atoms with Crippen LogP contribution >= 0.6 is 0 Å². The highest BCUT2D eigenvalue weighted by Crippen LogP contribution is 2.24. The summed E-state index contributed by atoms with van der Waals surface area (Å²) in [6.07, 6.45) is 5.57. The highest BCUT2D eigenvalue weighted by molar-refractivity contribution is 5.19. The van der Waals surface area contributed by atoms with Crippen LogP contribution in [0.2, 0.25) is 0 Å². The molecule has 1 aromatic rings. The first kappa shape index (κ1) is 10.0. The van der Waals surface area contributed by atoms with Crippen molar-refractivity contribution in [1.29, 1.82) is 0 Å². The monoisotopic (exact) mass is 174 g/mol. The molecule has 0 amide bonds. The lowest BCUT2D eigenvalue weighted by atomic mass is 9.92. The van der Waals surface area contributed by atoms with Crippen molar-refractivity contribution in [2.45, 2.75) is 32.1 Å². The fourth-order valence-electron chi connectivity index (χ4n) is 1.65. The molecule has 1 aromatic carbocycles. The van der Waals surface area contributed by atoms with E-state index in [1.165, 1.54) is 18.4 Å². The highest BCUT2D eigenvalue weighted by atomic mass is 14.1. The molecular formula is C13H18. The maximum atomic E-state index is 3.76. The maximum Gasteiger partial charge on any atom is -0.0162 e. The molecule has 0 aromatic heterocycles. The van der Waals surface area contributed by atoms with Gasteiger partial charge in [-0.3, -0.25) is 0 Å². The molecule has 1 rings (SSSR count). The molecule has 0 N–H and O–H groups in total. The topological polar surface area (TPSA) is 0 Å². The van der Waals surface area contributed by atoms with E-state index in [2.05, 4.69) is 43.8 Å². The average Bonchev–Trinajstić information content (AvgIpc) is 2.21. The van der Waals surface area contributed by atoms with Crippen LogP contribution in [0.1, 0.15) is 37.7 Å². The number of benzene rings is 1. The molecule has 0 saturated carbocycles. The third-order valence-electron chi connectivity index (χ3n) is 2.48. The summed E-state index contributed by atoms with van der Waals surface area (Å²) < 4.78 is 0. The Kier molecular flexibility index (Phi) is 4.31. The van der Waals surface area contributed by atoms with Crippen molar-refractivity contribution in [3.63, 3.8) is 0 Å². The molecular weight excluding hydrogens is 156 g/mol. The van der Waals surface area contributed by atoms with E-state index in [0.29, 0.717) is 5.92 Å². The Balaban J connectivity index is 2.61. The predicted octanol–water partition coefficient (Wildman–Crippen LogP) is 4.15. The van der Waals surface area contributed by atoms with Crippen molar-refractivity contribution in [1.82, 2.24) is 0 Å². The van der Waals surface area contributed by atoms with Crippen LogP contribution in [0.15, 0.2) is 43.0 Å². The zero-order valence-corrected chi connectivity index (χ0v) is 8.37. The van der Waals surface area contributed by atoms with Crippen LogP contribution in [-0.4, -0.2) is 0 Å². The molecule has 0 fully saturated rings. The Morgan fingerprint density at radius 2 is 2.00 bits per heavy atom. The van der Waals surface area contributed by atoms with Gasteiger partial charge in [0.15, 0.2) is 0 Å². The van der Waals surface area contributed by atoms with Gasteiger partial charge < -0.3 is 0 Å². The van der Waals surface area contributed by atoms with Crippen molar-refractivity contribution < 1.29 is 0 Å². The van der Waals surface area contributed by atoms with Gasteiger partial charge in [0.2, 0.25) is 0 Å². The lowest BCUT2D eigenvalue weighted by molar-refractivity contribution is 0.613. The SMILES string of the molecule is C=CCC[C@H](CC)c1ccccc1. The quantitative estimate of drug-likeness (QED) is 0.588. The van der Waals surface area contributed by atoms with Crippen LogP contribution in [-0.2, 0) is 0 Å². The fraction of sp³-hybridized carbons (Fsp3) is 0.385. The Morgan fingerprint density at radius 3 is 2.54 bits per heavy atom. The summed E-state index contributed by atoms with van der Waals surface area (Å²) in [7, 11) is 0. The predicted molar refractivity (Wildman–Crippen MR) is 58.9 cm³/mol. The van der Waals surface area contributed by atoms with E-state index in [1.807, 2.05) is 6.08 Å². The summed E-state index contributed by atoms with van der Waals surface area (Å²) in [5.41, 5.74) is 1.46. The molecule has 1 atom stereocenters. The van der Waals surface area contributed by atoms with Crippen molar-refractivity contribution in [3.8, 4) is 0 Å². The van der Waals surface area contributed by atoms with Gasteiger partial charge in [0.25, 0.3) is 0 Å². The van der Waals surface area contributed by atoms with Crippen LogP contribution < -0.4 is 0 Å². The Morgan fingerprint density at radius 1 is 1.31 bits per heavy atom. The van der Waals surface area contributed by atoms with Crippen LogP contribution in [0.5, 0.6) is 0 Å². The molecule has 0 radical (unpaired) electrons. The molecule has 0 heteroatoms. The summed E-state index contributed by atoms with van der Waals surface area (Å²) in [4.78, 5) is 0. The second kappa shape index (κ2) is 5.58. The molecule has 0 unspecified atom stereocenters. The van der Waals surface area contributed by atoms with Crippen molar-refractivity contribution >= 4 is 0 Å². The van der Waals surface area contributed by atoms with Gasteiger partial charge in [0.05, 0.1) is 0 Å². The lowest BCUT2D eigenvalue weighted by Gasteiger charge is -2.13. The van der Waals surface area contributed by atoms with Crippen LogP contribution in [0.3, 0.4) is 0 Å². The van der Waals surface area contributed by atoms with Gasteiger partial charge in [0, 0.05) is 0 Å². The normalized spacial score (nSPS) is 12.4. The minimum absolute atomic E-state index is 0.708. The van der Waals surface area contributed by atoms with Crippen LogP contribution in [0.25, 0.3) is 0 Å². The third-order valence-corrected chi connectivity index (χ3v) is 2.48. The van der Waals surface area contributed by atoms with Gasteiger partial charge in [-0.05, 0) is 30.7 Å². The van der Waals surface area contributed by atoms with Crippen LogP contribution in [0.4, 0.5) is 0 Å². The van der Waals surface area contributed by atoms with Gasteiger partial charge in [-0.2, -0.15) is 0 Å². The summed E-state index contributed by atoms with van der Waals surface area (Å²) in [5, 5.41) is 0. The summed E-state index contributed by atoms with van der Waals surface area (Å²) in [5.74, 6) is 0.708. The second-order valence-corrected chi connectivity index (χ2v) is 3.38. The van der Waals surface area contributed by atoms with E-state index < -0.39 is 0 Å². The van der Waals surface area contributed by atoms with E-state index in [-0.39, 0.29) is 0 Å². The first-order valence-electron chi connectivity index (χ1n) is 5.04. The molecule has 0 aliphatic carbocycles. The van der Waals surface area contributed by atoms with Crippen molar-refractivity contribution in [3.05, 3.63) is 48.6 Å². The first-order valence-corrected chi connectivity index (χ1v) is 5.04. The van der Waals surface area contributed by atoms with Gasteiger partial charge in [-0.25, -0.2) is 0 Å². The van der Waals surface area contributed by atoms with E-state index in [1.54, 1.807) is 0 Å². The molecule has 70 valence electrons. The smallest absolute Gasteiger partial charge is 0.0162 e.